The molecule has 72 valence electrons. The Morgan fingerprint density at radius 3 is 2.17 bits per heavy atom. The largest absolute Gasteiger partial charge is 0.388 e. The molecule has 1 aliphatic rings. The molecule has 0 amide bonds. The second-order valence-corrected chi connectivity index (χ2v) is 4.10. The van der Waals surface area contributed by atoms with Crippen LogP contribution in [0, 0.1) is 0 Å². The molecule has 0 aliphatic heterocycles. The predicted molar refractivity (Wildman–Crippen MR) is 50.9 cm³/mol. The van der Waals surface area contributed by atoms with E-state index >= 15 is 0 Å². The minimum Gasteiger partial charge on any atom is -0.388 e. The van der Waals surface area contributed by atoms with Crippen molar-refractivity contribution in [3.63, 3.8) is 0 Å². The lowest BCUT2D eigenvalue weighted by Crippen LogP contribution is -2.61. The van der Waals surface area contributed by atoms with Crippen LogP contribution in [0.1, 0.15) is 52.4 Å². The van der Waals surface area contributed by atoms with Gasteiger partial charge in [-0.25, -0.2) is 0 Å². The van der Waals surface area contributed by atoms with Gasteiger partial charge in [-0.2, -0.15) is 0 Å². The van der Waals surface area contributed by atoms with E-state index in [0.29, 0.717) is 0 Å². The minimum atomic E-state index is -0.597. The van der Waals surface area contributed by atoms with E-state index in [1.165, 1.54) is 6.42 Å². The molecule has 2 unspecified atom stereocenters. The summed E-state index contributed by atoms with van der Waals surface area (Å²) in [6.07, 6.45) is 5.84. The topological polar surface area (TPSA) is 46.2 Å². The lowest BCUT2D eigenvalue weighted by atomic mass is 9.67. The Hall–Kier alpha value is -0.0800. The van der Waals surface area contributed by atoms with Crippen LogP contribution in [-0.4, -0.2) is 16.2 Å². The Balaban J connectivity index is 2.79. The van der Waals surface area contributed by atoms with Gasteiger partial charge in [-0.05, 0) is 25.7 Å². The van der Waals surface area contributed by atoms with Crippen molar-refractivity contribution in [3.05, 3.63) is 0 Å². The summed E-state index contributed by atoms with van der Waals surface area (Å²) in [6, 6.07) is 0. The number of aliphatic hydroxyl groups is 1. The zero-order chi connectivity index (χ0) is 9.24. The molecule has 0 aromatic rings. The molecule has 0 heterocycles. The standard InChI is InChI=1S/C10H21NO/c1-3-9(11)7-5-6-8-10(9,12)4-2/h12H,3-8,11H2,1-2H3. The zero-order valence-electron chi connectivity index (χ0n) is 8.27. The molecule has 3 N–H and O–H groups in total. The van der Waals surface area contributed by atoms with E-state index in [9.17, 15) is 5.11 Å². The summed E-state index contributed by atoms with van der Waals surface area (Å²) in [4.78, 5) is 0. The summed E-state index contributed by atoms with van der Waals surface area (Å²) < 4.78 is 0. The van der Waals surface area contributed by atoms with Gasteiger partial charge in [0, 0.05) is 5.54 Å². The fraction of sp³-hybridized carbons (Fsp3) is 1.00. The summed E-state index contributed by atoms with van der Waals surface area (Å²) in [5, 5.41) is 10.3. The molecular weight excluding hydrogens is 150 g/mol. The summed E-state index contributed by atoms with van der Waals surface area (Å²) in [6.45, 7) is 4.11. The molecule has 0 spiro atoms. The van der Waals surface area contributed by atoms with Crippen molar-refractivity contribution in [2.24, 2.45) is 5.73 Å². The highest BCUT2D eigenvalue weighted by molar-refractivity contribution is 5.04. The van der Waals surface area contributed by atoms with Crippen LogP contribution in [0.15, 0.2) is 0 Å². The van der Waals surface area contributed by atoms with Crippen LogP contribution in [0.2, 0.25) is 0 Å². The Bertz CT molecular complexity index is 142. The number of nitrogens with two attached hydrogens (primary N) is 1. The number of hydrogen-bond acceptors (Lipinski definition) is 2. The monoisotopic (exact) mass is 171 g/mol. The van der Waals surface area contributed by atoms with Crippen LogP contribution in [0.4, 0.5) is 0 Å². The Morgan fingerprint density at radius 2 is 1.75 bits per heavy atom. The summed E-state index contributed by atoms with van der Waals surface area (Å²) in [5.74, 6) is 0. The molecule has 1 rings (SSSR count). The van der Waals surface area contributed by atoms with Gasteiger partial charge in [-0.1, -0.05) is 26.7 Å². The van der Waals surface area contributed by atoms with Gasteiger partial charge in [0.15, 0.2) is 0 Å². The highest BCUT2D eigenvalue weighted by Gasteiger charge is 2.46. The molecule has 0 saturated heterocycles. The first-order chi connectivity index (χ1) is 5.58. The van der Waals surface area contributed by atoms with Gasteiger partial charge in [0.1, 0.15) is 0 Å². The van der Waals surface area contributed by atoms with Gasteiger partial charge in [0.05, 0.1) is 5.60 Å². The molecule has 0 radical (unpaired) electrons. The average molecular weight is 171 g/mol. The van der Waals surface area contributed by atoms with E-state index < -0.39 is 5.60 Å². The predicted octanol–water partition coefficient (Wildman–Crippen LogP) is 1.81. The second-order valence-electron chi connectivity index (χ2n) is 4.10. The molecule has 1 fully saturated rings. The van der Waals surface area contributed by atoms with Crippen molar-refractivity contribution >= 4 is 0 Å². The molecule has 1 aliphatic carbocycles. The van der Waals surface area contributed by atoms with Crippen LogP contribution in [-0.2, 0) is 0 Å². The quantitative estimate of drug-likeness (QED) is 0.665. The fourth-order valence-corrected chi connectivity index (χ4v) is 2.37. The Morgan fingerprint density at radius 1 is 1.17 bits per heavy atom. The molecule has 1 saturated carbocycles. The maximum Gasteiger partial charge on any atom is 0.0823 e. The normalized spacial score (nSPS) is 43.0. The first kappa shape index (κ1) is 10.0. The van der Waals surface area contributed by atoms with Crippen LogP contribution < -0.4 is 5.73 Å². The lowest BCUT2D eigenvalue weighted by molar-refractivity contribution is -0.0698. The third-order valence-electron chi connectivity index (χ3n) is 3.61. The van der Waals surface area contributed by atoms with Gasteiger partial charge in [0.25, 0.3) is 0 Å². The number of hydrogen-bond donors (Lipinski definition) is 2. The molecule has 2 heteroatoms. The van der Waals surface area contributed by atoms with Gasteiger partial charge >= 0.3 is 0 Å². The molecule has 0 aromatic carbocycles. The maximum absolute atomic E-state index is 10.3. The summed E-state index contributed by atoms with van der Waals surface area (Å²) in [5.41, 5.74) is 5.28. The first-order valence-corrected chi connectivity index (χ1v) is 5.09. The molecule has 0 aromatic heterocycles. The molecular formula is C10H21NO. The average Bonchev–Trinajstić information content (AvgIpc) is 2.10. The van der Waals surface area contributed by atoms with E-state index in [1.807, 2.05) is 6.92 Å². The van der Waals surface area contributed by atoms with Crippen molar-refractivity contribution in [2.75, 3.05) is 0 Å². The van der Waals surface area contributed by atoms with E-state index in [2.05, 4.69) is 6.92 Å². The Kier molecular flexibility index (Phi) is 2.79. The van der Waals surface area contributed by atoms with Crippen LogP contribution >= 0.6 is 0 Å². The van der Waals surface area contributed by atoms with Crippen LogP contribution in [0.5, 0.6) is 0 Å². The molecule has 0 bridgehead atoms. The van der Waals surface area contributed by atoms with Crippen LogP contribution in [0.25, 0.3) is 0 Å². The summed E-state index contributed by atoms with van der Waals surface area (Å²) in [7, 11) is 0. The third-order valence-corrected chi connectivity index (χ3v) is 3.61. The van der Waals surface area contributed by atoms with E-state index in [-0.39, 0.29) is 5.54 Å². The van der Waals surface area contributed by atoms with Crippen molar-refractivity contribution in [3.8, 4) is 0 Å². The summed E-state index contributed by atoms with van der Waals surface area (Å²) >= 11 is 0. The van der Waals surface area contributed by atoms with Crippen molar-refractivity contribution in [1.29, 1.82) is 0 Å². The fourth-order valence-electron chi connectivity index (χ4n) is 2.37. The van der Waals surface area contributed by atoms with E-state index in [4.69, 9.17) is 5.73 Å². The zero-order valence-corrected chi connectivity index (χ0v) is 8.27. The molecule has 2 nitrogen and oxygen atoms in total. The van der Waals surface area contributed by atoms with E-state index in [1.54, 1.807) is 0 Å². The SMILES string of the molecule is CCC1(N)CCCCC1(O)CC. The van der Waals surface area contributed by atoms with Gasteiger partial charge < -0.3 is 10.8 Å². The lowest BCUT2D eigenvalue weighted by Gasteiger charge is -2.47. The van der Waals surface area contributed by atoms with Crippen molar-refractivity contribution in [2.45, 2.75) is 63.5 Å². The first-order valence-electron chi connectivity index (χ1n) is 5.09. The second kappa shape index (κ2) is 3.35. The smallest absolute Gasteiger partial charge is 0.0823 e. The Labute approximate surface area is 75.2 Å². The van der Waals surface area contributed by atoms with Gasteiger partial charge in [-0.3, -0.25) is 0 Å². The van der Waals surface area contributed by atoms with Gasteiger partial charge in [0.2, 0.25) is 0 Å². The highest BCUT2D eigenvalue weighted by Crippen LogP contribution is 2.39. The van der Waals surface area contributed by atoms with Gasteiger partial charge in [-0.15, -0.1) is 0 Å². The number of rotatable bonds is 2. The van der Waals surface area contributed by atoms with Crippen molar-refractivity contribution in [1.82, 2.24) is 0 Å². The third kappa shape index (κ3) is 1.38. The van der Waals surface area contributed by atoms with Crippen LogP contribution in [0.3, 0.4) is 0 Å². The van der Waals surface area contributed by atoms with Crippen molar-refractivity contribution < 1.29 is 5.11 Å². The van der Waals surface area contributed by atoms with E-state index in [0.717, 1.165) is 32.1 Å². The maximum atomic E-state index is 10.3. The highest BCUT2D eigenvalue weighted by atomic mass is 16.3. The minimum absolute atomic E-state index is 0.319. The molecule has 12 heavy (non-hydrogen) atoms. The molecule has 2 atom stereocenters.